The predicted molar refractivity (Wildman–Crippen MR) is 92.1 cm³/mol. The van der Waals surface area contributed by atoms with Crippen LogP contribution in [0.25, 0.3) is 11.4 Å². The van der Waals surface area contributed by atoms with E-state index in [0.29, 0.717) is 16.4 Å². The molecule has 2 aromatic carbocycles. The maximum atomic E-state index is 12.5. The van der Waals surface area contributed by atoms with Gasteiger partial charge in [0, 0.05) is 16.1 Å². The zero-order valence-electron chi connectivity index (χ0n) is 14.0. The van der Waals surface area contributed by atoms with Gasteiger partial charge in [-0.15, -0.1) is 0 Å². The number of nitrogens with zero attached hydrogens (tertiary/aromatic N) is 2. The van der Waals surface area contributed by atoms with Gasteiger partial charge in [0.1, 0.15) is 0 Å². The Morgan fingerprint density at radius 2 is 1.89 bits per heavy atom. The third-order valence-corrected chi connectivity index (χ3v) is 4.18. The van der Waals surface area contributed by atoms with Gasteiger partial charge in [-0.2, -0.15) is 18.2 Å². The number of halogens is 4. The van der Waals surface area contributed by atoms with E-state index >= 15 is 0 Å². The highest BCUT2D eigenvalue weighted by atomic mass is 35.5. The van der Waals surface area contributed by atoms with Crippen LogP contribution in [-0.2, 0) is 12.7 Å². The molecule has 5 nitrogen and oxygen atoms in total. The molecule has 0 atom stereocenters. The van der Waals surface area contributed by atoms with Crippen LogP contribution in [0.3, 0.4) is 0 Å². The summed E-state index contributed by atoms with van der Waals surface area (Å²) < 4.78 is 42.7. The van der Waals surface area contributed by atoms with E-state index in [1.54, 1.807) is 12.1 Å². The van der Waals surface area contributed by atoms with Crippen LogP contribution in [0.15, 0.2) is 47.0 Å². The first-order valence-corrected chi connectivity index (χ1v) is 8.16. The molecule has 3 aromatic rings. The molecule has 0 aliphatic carbocycles. The summed E-state index contributed by atoms with van der Waals surface area (Å²) in [5.74, 6) is -0.0838. The Bertz CT molecular complexity index is 969. The van der Waals surface area contributed by atoms with E-state index in [-0.39, 0.29) is 18.0 Å². The lowest BCUT2D eigenvalue weighted by Gasteiger charge is -2.07. The summed E-state index contributed by atoms with van der Waals surface area (Å²) in [5, 5.41) is 6.91. The minimum Gasteiger partial charge on any atom is -0.343 e. The van der Waals surface area contributed by atoms with Crippen LogP contribution >= 0.6 is 11.6 Å². The van der Waals surface area contributed by atoms with E-state index in [0.717, 1.165) is 29.8 Å². The molecule has 140 valence electrons. The van der Waals surface area contributed by atoms with E-state index in [9.17, 15) is 18.0 Å². The molecule has 0 aliphatic heterocycles. The van der Waals surface area contributed by atoms with Crippen LogP contribution in [0.5, 0.6) is 0 Å². The first-order chi connectivity index (χ1) is 12.7. The molecule has 0 spiro atoms. The third-order valence-electron chi connectivity index (χ3n) is 3.77. The molecule has 0 unspecified atom stereocenters. The summed E-state index contributed by atoms with van der Waals surface area (Å²) in [7, 11) is 0. The Balaban J connectivity index is 1.64. The summed E-state index contributed by atoms with van der Waals surface area (Å²) >= 11 is 6.07. The van der Waals surface area contributed by atoms with Gasteiger partial charge in [0.25, 0.3) is 5.91 Å². The Labute approximate surface area is 157 Å². The lowest BCUT2D eigenvalue weighted by Crippen LogP contribution is -2.23. The van der Waals surface area contributed by atoms with Gasteiger partial charge in [-0.1, -0.05) is 28.9 Å². The maximum absolute atomic E-state index is 12.5. The first kappa shape index (κ1) is 18.9. The summed E-state index contributed by atoms with van der Waals surface area (Å²) in [4.78, 5) is 16.2. The molecule has 0 fully saturated rings. The molecule has 0 aliphatic rings. The molecule has 1 amide bonds. The van der Waals surface area contributed by atoms with Crippen molar-refractivity contribution in [2.24, 2.45) is 0 Å². The number of amides is 1. The van der Waals surface area contributed by atoms with E-state index in [1.807, 2.05) is 13.0 Å². The summed E-state index contributed by atoms with van der Waals surface area (Å²) in [5.41, 5.74) is 0.841. The van der Waals surface area contributed by atoms with Crippen LogP contribution in [-0.4, -0.2) is 16.0 Å². The van der Waals surface area contributed by atoms with Crippen molar-refractivity contribution in [1.82, 2.24) is 15.5 Å². The predicted octanol–water partition coefficient (Wildman–Crippen LogP) is 4.65. The lowest BCUT2D eigenvalue weighted by molar-refractivity contribution is -0.137. The minimum absolute atomic E-state index is 0.0630. The number of aryl methyl sites for hydroxylation is 1. The average molecular weight is 396 g/mol. The number of rotatable bonds is 4. The molecule has 3 rings (SSSR count). The van der Waals surface area contributed by atoms with Crippen LogP contribution in [0.2, 0.25) is 5.02 Å². The van der Waals surface area contributed by atoms with Gasteiger partial charge in [0.05, 0.1) is 12.1 Å². The van der Waals surface area contributed by atoms with E-state index < -0.39 is 17.6 Å². The fraction of sp³-hybridized carbons (Fsp3) is 0.167. The number of aromatic nitrogens is 2. The number of hydrogen-bond acceptors (Lipinski definition) is 4. The smallest absolute Gasteiger partial charge is 0.343 e. The molecular weight excluding hydrogens is 383 g/mol. The van der Waals surface area contributed by atoms with E-state index in [1.165, 1.54) is 0 Å². The molecular formula is C18H13ClF3N3O2. The van der Waals surface area contributed by atoms with E-state index in [4.69, 9.17) is 16.1 Å². The molecule has 0 saturated heterocycles. The topological polar surface area (TPSA) is 68.0 Å². The largest absolute Gasteiger partial charge is 0.416 e. The van der Waals surface area contributed by atoms with Crippen molar-refractivity contribution in [3.63, 3.8) is 0 Å². The van der Waals surface area contributed by atoms with E-state index in [2.05, 4.69) is 15.5 Å². The average Bonchev–Trinajstić information content (AvgIpc) is 3.10. The Kier molecular flexibility index (Phi) is 5.18. The van der Waals surface area contributed by atoms with Gasteiger partial charge in [-0.3, -0.25) is 4.79 Å². The highest BCUT2D eigenvalue weighted by Crippen LogP contribution is 2.29. The summed E-state index contributed by atoms with van der Waals surface area (Å²) in [6.45, 7) is 1.80. The quantitative estimate of drug-likeness (QED) is 0.698. The monoisotopic (exact) mass is 395 g/mol. The standard InChI is InChI=1S/C18H13ClF3N3O2/c1-10-2-3-12(8-14(10)19)16-24-15(27-25-16)9-23-17(26)11-4-6-13(7-5-11)18(20,21)22/h2-8H,9H2,1H3,(H,23,26). The van der Waals surface area contributed by atoms with Crippen molar-refractivity contribution in [3.05, 3.63) is 70.1 Å². The second-order valence-electron chi connectivity index (χ2n) is 5.73. The fourth-order valence-corrected chi connectivity index (χ4v) is 2.42. The van der Waals surface area contributed by atoms with Crippen molar-refractivity contribution in [1.29, 1.82) is 0 Å². The molecule has 1 aromatic heterocycles. The fourth-order valence-electron chi connectivity index (χ4n) is 2.24. The van der Waals surface area contributed by atoms with Crippen LogP contribution in [0.1, 0.15) is 27.4 Å². The Hall–Kier alpha value is -2.87. The van der Waals surface area contributed by atoms with Crippen molar-refractivity contribution in [3.8, 4) is 11.4 Å². The zero-order chi connectivity index (χ0) is 19.6. The second-order valence-corrected chi connectivity index (χ2v) is 6.14. The molecule has 27 heavy (non-hydrogen) atoms. The number of alkyl halides is 3. The molecule has 0 radical (unpaired) electrons. The van der Waals surface area contributed by atoms with Gasteiger partial charge < -0.3 is 9.84 Å². The Morgan fingerprint density at radius 1 is 1.19 bits per heavy atom. The number of carbonyl (C=O) groups is 1. The molecule has 1 N–H and O–H groups in total. The molecule has 9 heteroatoms. The summed E-state index contributed by atoms with van der Waals surface area (Å²) in [6.07, 6.45) is -4.45. The second kappa shape index (κ2) is 7.40. The number of benzene rings is 2. The number of carbonyl (C=O) groups excluding carboxylic acids is 1. The van der Waals surface area contributed by atoms with Crippen molar-refractivity contribution in [2.45, 2.75) is 19.6 Å². The van der Waals surface area contributed by atoms with Crippen molar-refractivity contribution in [2.75, 3.05) is 0 Å². The third kappa shape index (κ3) is 4.46. The van der Waals surface area contributed by atoms with Crippen molar-refractivity contribution >= 4 is 17.5 Å². The SMILES string of the molecule is Cc1ccc(-c2noc(CNC(=O)c3ccc(C(F)(F)F)cc3)n2)cc1Cl. The van der Waals surface area contributed by atoms with Gasteiger partial charge in [-0.05, 0) is 42.8 Å². The zero-order valence-corrected chi connectivity index (χ0v) is 14.7. The highest BCUT2D eigenvalue weighted by Gasteiger charge is 2.30. The normalized spacial score (nSPS) is 11.4. The Morgan fingerprint density at radius 3 is 2.52 bits per heavy atom. The van der Waals surface area contributed by atoms with Gasteiger partial charge >= 0.3 is 6.18 Å². The van der Waals surface area contributed by atoms with Gasteiger partial charge in [0.2, 0.25) is 11.7 Å². The van der Waals surface area contributed by atoms with Crippen LogP contribution in [0.4, 0.5) is 13.2 Å². The lowest BCUT2D eigenvalue weighted by atomic mass is 10.1. The number of hydrogen-bond donors (Lipinski definition) is 1. The summed E-state index contributed by atoms with van der Waals surface area (Å²) in [6, 6.07) is 9.21. The van der Waals surface area contributed by atoms with Crippen LogP contribution < -0.4 is 5.32 Å². The molecule has 0 bridgehead atoms. The molecule has 0 saturated carbocycles. The van der Waals surface area contributed by atoms with Gasteiger partial charge in [-0.25, -0.2) is 0 Å². The minimum atomic E-state index is -4.45. The first-order valence-electron chi connectivity index (χ1n) is 7.78. The van der Waals surface area contributed by atoms with Crippen LogP contribution in [0, 0.1) is 6.92 Å². The number of nitrogens with one attached hydrogen (secondary N) is 1. The highest BCUT2D eigenvalue weighted by molar-refractivity contribution is 6.31. The molecule has 1 heterocycles. The van der Waals surface area contributed by atoms with Gasteiger partial charge in [0.15, 0.2) is 0 Å². The van der Waals surface area contributed by atoms with Crippen molar-refractivity contribution < 1.29 is 22.5 Å². The maximum Gasteiger partial charge on any atom is 0.416 e.